The average Bonchev–Trinajstić information content (AvgIpc) is 3.15. The van der Waals surface area contributed by atoms with Crippen LogP contribution < -0.4 is 10.6 Å². The zero-order chi connectivity index (χ0) is 22.3. The number of pyridine rings is 1. The number of anilines is 1. The van der Waals surface area contributed by atoms with Crippen LogP contribution in [0.25, 0.3) is 20.4 Å². The fourth-order valence-corrected chi connectivity index (χ4v) is 5.10. The van der Waals surface area contributed by atoms with E-state index in [9.17, 15) is 4.79 Å². The normalized spacial score (nSPS) is 15.0. The van der Waals surface area contributed by atoms with E-state index in [-0.39, 0.29) is 11.5 Å². The Hall–Kier alpha value is -3.10. The monoisotopic (exact) mass is 447 g/mol. The van der Waals surface area contributed by atoms with Gasteiger partial charge in [-0.15, -0.1) is 11.3 Å². The molecule has 0 unspecified atom stereocenters. The lowest BCUT2D eigenvalue weighted by molar-refractivity contribution is -0.0411. The molecule has 1 amide bonds. The Labute approximate surface area is 190 Å². The second kappa shape index (κ2) is 8.11. The van der Waals surface area contributed by atoms with E-state index in [1.807, 2.05) is 24.3 Å². The van der Waals surface area contributed by atoms with Crippen molar-refractivity contribution in [2.75, 3.05) is 18.9 Å². The molecule has 0 saturated carbocycles. The number of carbonyl (C=O) groups excluding carboxylic acids is 1. The molecule has 0 aliphatic carbocycles. The summed E-state index contributed by atoms with van der Waals surface area (Å²) >= 11 is 1.63. The first kappa shape index (κ1) is 20.8. The molecule has 1 aliphatic heterocycles. The first-order valence-corrected chi connectivity index (χ1v) is 11.5. The fraction of sp³-hybridized carbons (Fsp3) is 0.333. The molecule has 3 aromatic heterocycles. The third kappa shape index (κ3) is 3.91. The predicted molar refractivity (Wildman–Crippen MR) is 127 cm³/mol. The summed E-state index contributed by atoms with van der Waals surface area (Å²) in [5.41, 5.74) is 4.82. The van der Waals surface area contributed by atoms with Crippen LogP contribution in [0.3, 0.4) is 0 Å². The van der Waals surface area contributed by atoms with Gasteiger partial charge in [0.1, 0.15) is 17.0 Å². The number of aromatic nitrogens is 3. The van der Waals surface area contributed by atoms with E-state index >= 15 is 0 Å². The second-order valence-electron chi connectivity index (χ2n) is 8.63. The molecule has 0 atom stereocenters. The SMILES string of the molecule is CNC(=O)c1ccc(CCNc2ncnc3c2sc2nc4c(cc23)COC(C)(C)C4)cc1. The molecule has 0 fully saturated rings. The molecule has 1 aromatic carbocycles. The quantitative estimate of drug-likeness (QED) is 0.479. The van der Waals surface area contributed by atoms with Crippen LogP contribution in [-0.4, -0.2) is 40.1 Å². The lowest BCUT2D eigenvalue weighted by atomic mass is 9.95. The molecular formula is C24H25N5O2S. The Morgan fingerprint density at radius 1 is 1.22 bits per heavy atom. The van der Waals surface area contributed by atoms with Crippen LogP contribution in [0.15, 0.2) is 36.7 Å². The average molecular weight is 448 g/mol. The van der Waals surface area contributed by atoms with Crippen molar-refractivity contribution in [2.45, 2.75) is 38.9 Å². The number of nitrogens with zero attached hydrogens (tertiary/aromatic N) is 3. The summed E-state index contributed by atoms with van der Waals surface area (Å²) in [7, 11) is 1.63. The highest BCUT2D eigenvalue weighted by molar-refractivity contribution is 7.25. The third-order valence-electron chi connectivity index (χ3n) is 5.77. The first-order chi connectivity index (χ1) is 15.4. The smallest absolute Gasteiger partial charge is 0.251 e. The number of fused-ring (bicyclic) bond motifs is 4. The van der Waals surface area contributed by atoms with E-state index in [2.05, 4.69) is 40.5 Å². The van der Waals surface area contributed by atoms with Crippen LogP contribution in [0, 0.1) is 0 Å². The maximum Gasteiger partial charge on any atom is 0.251 e. The van der Waals surface area contributed by atoms with Crippen LogP contribution in [0.5, 0.6) is 0 Å². The Morgan fingerprint density at radius 3 is 2.81 bits per heavy atom. The molecule has 0 radical (unpaired) electrons. The van der Waals surface area contributed by atoms with Gasteiger partial charge in [-0.3, -0.25) is 4.79 Å². The molecule has 0 saturated heterocycles. The zero-order valence-electron chi connectivity index (χ0n) is 18.4. The lowest BCUT2D eigenvalue weighted by Crippen LogP contribution is -2.32. The van der Waals surface area contributed by atoms with Crippen LogP contribution >= 0.6 is 11.3 Å². The summed E-state index contributed by atoms with van der Waals surface area (Å²) in [4.78, 5) is 26.7. The molecule has 0 bridgehead atoms. The highest BCUT2D eigenvalue weighted by atomic mass is 32.1. The van der Waals surface area contributed by atoms with Crippen molar-refractivity contribution in [2.24, 2.45) is 0 Å². The predicted octanol–water partition coefficient (Wildman–Crippen LogP) is 4.11. The molecule has 5 rings (SSSR count). The van der Waals surface area contributed by atoms with Crippen molar-refractivity contribution in [3.8, 4) is 0 Å². The highest BCUT2D eigenvalue weighted by Gasteiger charge is 2.28. The van der Waals surface area contributed by atoms with Crippen molar-refractivity contribution >= 4 is 43.5 Å². The number of nitrogens with one attached hydrogen (secondary N) is 2. The van der Waals surface area contributed by atoms with Crippen LogP contribution in [0.4, 0.5) is 5.82 Å². The van der Waals surface area contributed by atoms with E-state index in [0.717, 1.165) is 62.5 Å². The second-order valence-corrected chi connectivity index (χ2v) is 9.63. The topological polar surface area (TPSA) is 89.0 Å². The van der Waals surface area contributed by atoms with Crippen molar-refractivity contribution in [3.63, 3.8) is 0 Å². The van der Waals surface area contributed by atoms with Crippen molar-refractivity contribution < 1.29 is 9.53 Å². The minimum Gasteiger partial charge on any atom is -0.370 e. The molecule has 0 spiro atoms. The van der Waals surface area contributed by atoms with Gasteiger partial charge in [0.15, 0.2) is 0 Å². The molecule has 4 heterocycles. The van der Waals surface area contributed by atoms with E-state index in [1.54, 1.807) is 24.7 Å². The number of amides is 1. The molecule has 8 heteroatoms. The Balaban J connectivity index is 1.37. The summed E-state index contributed by atoms with van der Waals surface area (Å²) in [6.07, 6.45) is 3.24. The summed E-state index contributed by atoms with van der Waals surface area (Å²) < 4.78 is 6.99. The van der Waals surface area contributed by atoms with Gasteiger partial charge in [0.2, 0.25) is 0 Å². The maximum absolute atomic E-state index is 11.7. The molecule has 164 valence electrons. The van der Waals surface area contributed by atoms with Crippen LogP contribution in [0.2, 0.25) is 0 Å². The van der Waals surface area contributed by atoms with E-state index in [1.165, 1.54) is 0 Å². The number of benzene rings is 1. The first-order valence-electron chi connectivity index (χ1n) is 10.7. The maximum atomic E-state index is 11.7. The van der Waals surface area contributed by atoms with E-state index in [0.29, 0.717) is 12.2 Å². The molecule has 7 nitrogen and oxygen atoms in total. The number of hydrogen-bond donors (Lipinski definition) is 2. The summed E-state index contributed by atoms with van der Waals surface area (Å²) in [6, 6.07) is 9.85. The van der Waals surface area contributed by atoms with Gasteiger partial charge in [-0.05, 0) is 44.0 Å². The number of carbonyl (C=O) groups is 1. The molecule has 4 aromatic rings. The minimum atomic E-state index is -0.185. The number of thiophene rings is 1. The highest BCUT2D eigenvalue weighted by Crippen LogP contribution is 2.37. The van der Waals surface area contributed by atoms with Crippen molar-refractivity contribution in [1.82, 2.24) is 20.3 Å². The fourth-order valence-electron chi connectivity index (χ4n) is 4.00. The molecular weight excluding hydrogens is 422 g/mol. The standard InChI is InChI=1S/C24H25N5O2S/c1-24(2)11-18-16(12-31-24)10-17-19-20(32-23(17)29-18)21(28-13-27-19)26-9-8-14-4-6-15(7-5-14)22(30)25-3/h4-7,10,13H,8-9,11-12H2,1-3H3,(H,25,30)(H,26,27,28). The minimum absolute atomic E-state index is 0.0757. The van der Waals surface area contributed by atoms with Gasteiger partial charge in [0, 0.05) is 36.5 Å². The van der Waals surface area contributed by atoms with Crippen LogP contribution in [0.1, 0.15) is 41.0 Å². The van der Waals surface area contributed by atoms with Crippen LogP contribution in [-0.2, 0) is 24.2 Å². The van der Waals surface area contributed by atoms with E-state index < -0.39 is 0 Å². The van der Waals surface area contributed by atoms with Gasteiger partial charge in [-0.2, -0.15) is 0 Å². The lowest BCUT2D eigenvalue weighted by Gasteiger charge is -2.30. The van der Waals surface area contributed by atoms with Gasteiger partial charge >= 0.3 is 0 Å². The number of ether oxygens (including phenoxy) is 1. The third-order valence-corrected chi connectivity index (χ3v) is 6.87. The van der Waals surface area contributed by atoms with Gasteiger partial charge in [0.05, 0.1) is 28.1 Å². The summed E-state index contributed by atoms with van der Waals surface area (Å²) in [6.45, 7) is 5.52. The van der Waals surface area contributed by atoms with E-state index in [4.69, 9.17) is 9.72 Å². The molecule has 2 N–H and O–H groups in total. The largest absolute Gasteiger partial charge is 0.370 e. The Bertz CT molecular complexity index is 1310. The molecule has 1 aliphatic rings. The Kier molecular flexibility index (Phi) is 5.27. The van der Waals surface area contributed by atoms with Gasteiger partial charge in [-0.25, -0.2) is 15.0 Å². The van der Waals surface area contributed by atoms with Gasteiger partial charge < -0.3 is 15.4 Å². The number of rotatable bonds is 5. The van der Waals surface area contributed by atoms with Gasteiger partial charge in [-0.1, -0.05) is 12.1 Å². The zero-order valence-corrected chi connectivity index (χ0v) is 19.2. The molecule has 32 heavy (non-hydrogen) atoms. The Morgan fingerprint density at radius 2 is 2.03 bits per heavy atom. The van der Waals surface area contributed by atoms with Crippen molar-refractivity contribution in [3.05, 3.63) is 59.0 Å². The van der Waals surface area contributed by atoms with Crippen molar-refractivity contribution in [1.29, 1.82) is 0 Å². The van der Waals surface area contributed by atoms with Gasteiger partial charge in [0.25, 0.3) is 5.91 Å². The summed E-state index contributed by atoms with van der Waals surface area (Å²) in [5, 5.41) is 7.15. The number of hydrogen-bond acceptors (Lipinski definition) is 7. The summed E-state index contributed by atoms with van der Waals surface area (Å²) in [5.74, 6) is 0.753.